The predicted octanol–water partition coefficient (Wildman–Crippen LogP) is 4.16. The van der Waals surface area contributed by atoms with Crippen LogP contribution < -0.4 is 20.5 Å². The lowest BCUT2D eigenvalue weighted by Crippen LogP contribution is -2.17. The van der Waals surface area contributed by atoms with Crippen molar-refractivity contribution >= 4 is 50.2 Å². The van der Waals surface area contributed by atoms with Gasteiger partial charge in [-0.25, -0.2) is 0 Å². The van der Waals surface area contributed by atoms with Gasteiger partial charge in [0.15, 0.2) is 11.5 Å². The van der Waals surface area contributed by atoms with Crippen molar-refractivity contribution in [2.24, 2.45) is 5.73 Å². The number of methoxy groups -OCH3 is 2. The number of thiophene rings is 1. The van der Waals surface area contributed by atoms with Crippen molar-refractivity contribution in [3.63, 3.8) is 0 Å². The summed E-state index contributed by atoms with van der Waals surface area (Å²) >= 11 is 4.87. The van der Waals surface area contributed by atoms with Gasteiger partial charge in [0.2, 0.25) is 5.91 Å². The van der Waals surface area contributed by atoms with Gasteiger partial charge in [-0.3, -0.25) is 9.59 Å². The van der Waals surface area contributed by atoms with Gasteiger partial charge in [-0.1, -0.05) is 0 Å². The molecule has 148 valence electrons. The van der Waals surface area contributed by atoms with Crippen LogP contribution in [0.3, 0.4) is 0 Å². The zero-order valence-corrected chi connectivity index (χ0v) is 18.0. The predicted molar refractivity (Wildman–Crippen MR) is 114 cm³/mol. The second-order valence-electron chi connectivity index (χ2n) is 6.34. The third-order valence-electron chi connectivity index (χ3n) is 4.54. The van der Waals surface area contributed by atoms with E-state index in [1.54, 1.807) is 26.4 Å². The number of primary amides is 1. The van der Waals surface area contributed by atoms with E-state index in [2.05, 4.69) is 21.2 Å². The largest absolute Gasteiger partial charge is 0.493 e. The van der Waals surface area contributed by atoms with Crippen LogP contribution in [0.4, 0.5) is 5.00 Å². The first kappa shape index (κ1) is 20.4. The Labute approximate surface area is 175 Å². The molecule has 0 spiro atoms. The number of benzene rings is 1. The highest BCUT2D eigenvalue weighted by Gasteiger charge is 2.24. The number of hydrogen-bond donors (Lipinski definition) is 2. The third-order valence-corrected chi connectivity index (χ3v) is 6.33. The maximum absolute atomic E-state index is 12.4. The second kappa shape index (κ2) is 8.79. The van der Waals surface area contributed by atoms with Gasteiger partial charge < -0.3 is 20.5 Å². The van der Waals surface area contributed by atoms with Crippen LogP contribution in [0.15, 0.2) is 22.7 Å². The maximum atomic E-state index is 12.4. The van der Waals surface area contributed by atoms with E-state index in [1.807, 2.05) is 6.07 Å². The second-order valence-corrected chi connectivity index (χ2v) is 8.30. The number of ether oxygens (including phenoxy) is 2. The summed E-state index contributed by atoms with van der Waals surface area (Å²) in [5, 5.41) is 3.34. The summed E-state index contributed by atoms with van der Waals surface area (Å²) in [7, 11) is 3.11. The van der Waals surface area contributed by atoms with Crippen LogP contribution in [0.25, 0.3) is 6.08 Å². The Balaban J connectivity index is 1.81. The number of anilines is 1. The van der Waals surface area contributed by atoms with E-state index in [1.165, 1.54) is 17.4 Å². The van der Waals surface area contributed by atoms with Crippen molar-refractivity contribution < 1.29 is 19.1 Å². The number of fused-ring (bicyclic) bond motifs is 1. The van der Waals surface area contributed by atoms with Gasteiger partial charge >= 0.3 is 0 Å². The molecular weight excluding hydrogens is 444 g/mol. The van der Waals surface area contributed by atoms with Crippen LogP contribution in [-0.2, 0) is 17.6 Å². The molecule has 8 heteroatoms. The van der Waals surface area contributed by atoms with Crippen LogP contribution in [0.5, 0.6) is 11.5 Å². The van der Waals surface area contributed by atoms with Crippen LogP contribution in [-0.4, -0.2) is 26.0 Å². The number of carbonyl (C=O) groups is 2. The number of amides is 2. The average molecular weight is 465 g/mol. The molecule has 0 saturated heterocycles. The van der Waals surface area contributed by atoms with E-state index < -0.39 is 5.91 Å². The van der Waals surface area contributed by atoms with E-state index >= 15 is 0 Å². The smallest absolute Gasteiger partial charge is 0.251 e. The fourth-order valence-corrected chi connectivity index (χ4v) is 5.19. The van der Waals surface area contributed by atoms with Crippen molar-refractivity contribution in [3.05, 3.63) is 44.2 Å². The summed E-state index contributed by atoms with van der Waals surface area (Å²) in [6, 6.07) is 3.59. The summed E-state index contributed by atoms with van der Waals surface area (Å²) in [6.07, 6.45) is 6.95. The van der Waals surface area contributed by atoms with E-state index in [0.29, 0.717) is 22.1 Å². The highest BCUT2D eigenvalue weighted by atomic mass is 79.9. The van der Waals surface area contributed by atoms with Crippen molar-refractivity contribution in [3.8, 4) is 11.5 Å². The van der Waals surface area contributed by atoms with Gasteiger partial charge in [0.1, 0.15) is 5.00 Å². The van der Waals surface area contributed by atoms with Crippen LogP contribution >= 0.6 is 27.3 Å². The standard InChI is InChI=1S/C20H21BrN2O4S/c1-26-14-10-11(9-13(21)18(14)27-2)7-8-16(24)23-20-17(19(22)25)12-5-3-4-6-15(12)28-20/h7-10H,3-6H2,1-2H3,(H2,22,25)(H,23,24). The van der Waals surface area contributed by atoms with Gasteiger partial charge in [-0.15, -0.1) is 11.3 Å². The lowest BCUT2D eigenvalue weighted by Gasteiger charge is -2.11. The Morgan fingerprint density at radius 2 is 1.96 bits per heavy atom. The van der Waals surface area contributed by atoms with E-state index in [9.17, 15) is 9.59 Å². The maximum Gasteiger partial charge on any atom is 0.251 e. The van der Waals surface area contributed by atoms with Crippen LogP contribution in [0.1, 0.15) is 39.2 Å². The zero-order valence-electron chi connectivity index (χ0n) is 15.6. The highest BCUT2D eigenvalue weighted by molar-refractivity contribution is 9.10. The number of hydrogen-bond acceptors (Lipinski definition) is 5. The Kier molecular flexibility index (Phi) is 6.41. The van der Waals surface area contributed by atoms with Crippen molar-refractivity contribution in [1.29, 1.82) is 0 Å². The highest BCUT2D eigenvalue weighted by Crippen LogP contribution is 2.38. The Bertz CT molecular complexity index is 952. The molecule has 0 aliphatic heterocycles. The number of carbonyl (C=O) groups excluding carboxylic acids is 2. The molecule has 0 radical (unpaired) electrons. The molecule has 2 aromatic rings. The summed E-state index contributed by atoms with van der Waals surface area (Å²) in [5.74, 6) is 0.313. The Morgan fingerprint density at radius 3 is 2.64 bits per heavy atom. The molecule has 6 nitrogen and oxygen atoms in total. The third kappa shape index (κ3) is 4.23. The summed E-state index contributed by atoms with van der Waals surface area (Å²) < 4.78 is 11.3. The van der Waals surface area contributed by atoms with E-state index in [4.69, 9.17) is 15.2 Å². The number of nitrogens with one attached hydrogen (secondary N) is 1. The Morgan fingerprint density at radius 1 is 1.21 bits per heavy atom. The number of nitrogens with two attached hydrogens (primary N) is 1. The molecule has 1 heterocycles. The molecule has 1 aromatic carbocycles. The van der Waals surface area contributed by atoms with Gasteiger partial charge in [0.25, 0.3) is 5.91 Å². The minimum Gasteiger partial charge on any atom is -0.493 e. The molecule has 3 N–H and O–H groups in total. The first-order valence-corrected chi connectivity index (χ1v) is 10.4. The SMILES string of the molecule is COc1cc(C=CC(=O)Nc2sc3c(c2C(N)=O)CCCC3)cc(Br)c1OC. The van der Waals surface area contributed by atoms with Gasteiger partial charge in [-0.2, -0.15) is 0 Å². The van der Waals surface area contributed by atoms with Crippen molar-refractivity contribution in [1.82, 2.24) is 0 Å². The minimum absolute atomic E-state index is 0.327. The molecule has 0 unspecified atom stereocenters. The van der Waals surface area contributed by atoms with Crippen LogP contribution in [0.2, 0.25) is 0 Å². The molecule has 2 amide bonds. The molecule has 1 aliphatic rings. The molecule has 0 saturated carbocycles. The van der Waals surface area contributed by atoms with Gasteiger partial charge in [0, 0.05) is 11.0 Å². The number of rotatable bonds is 6. The fraction of sp³-hybridized carbons (Fsp3) is 0.300. The molecule has 0 atom stereocenters. The molecule has 1 aliphatic carbocycles. The number of halogens is 1. The van der Waals surface area contributed by atoms with Gasteiger partial charge in [0.05, 0.1) is 24.3 Å². The molecule has 3 rings (SSSR count). The van der Waals surface area contributed by atoms with Crippen LogP contribution in [0, 0.1) is 0 Å². The quantitative estimate of drug-likeness (QED) is 0.627. The fourth-order valence-electron chi connectivity index (χ4n) is 3.27. The molecular formula is C20H21BrN2O4S. The molecule has 28 heavy (non-hydrogen) atoms. The normalized spacial score (nSPS) is 13.2. The van der Waals surface area contributed by atoms with Gasteiger partial charge in [-0.05, 0) is 70.9 Å². The van der Waals surface area contributed by atoms with Crippen molar-refractivity contribution in [2.45, 2.75) is 25.7 Å². The summed E-state index contributed by atoms with van der Waals surface area (Å²) in [5.41, 5.74) is 7.78. The topological polar surface area (TPSA) is 90.6 Å². The average Bonchev–Trinajstić information content (AvgIpc) is 3.03. The molecule has 0 fully saturated rings. The minimum atomic E-state index is -0.498. The zero-order chi connectivity index (χ0) is 20.3. The summed E-state index contributed by atoms with van der Waals surface area (Å²) in [4.78, 5) is 25.5. The summed E-state index contributed by atoms with van der Waals surface area (Å²) in [6.45, 7) is 0. The lowest BCUT2D eigenvalue weighted by atomic mass is 9.95. The first-order valence-electron chi connectivity index (χ1n) is 8.79. The Hall–Kier alpha value is -2.32. The molecule has 0 bridgehead atoms. The lowest BCUT2D eigenvalue weighted by molar-refractivity contribution is -0.111. The first-order chi connectivity index (χ1) is 13.4. The van der Waals surface area contributed by atoms with E-state index in [0.717, 1.165) is 46.2 Å². The number of aryl methyl sites for hydroxylation is 1. The molecule has 1 aromatic heterocycles. The monoisotopic (exact) mass is 464 g/mol. The van der Waals surface area contributed by atoms with E-state index in [-0.39, 0.29) is 5.91 Å². The van der Waals surface area contributed by atoms with Crippen molar-refractivity contribution in [2.75, 3.05) is 19.5 Å².